The van der Waals surface area contributed by atoms with Crippen molar-refractivity contribution < 1.29 is 14.4 Å². The molecule has 37 heavy (non-hydrogen) atoms. The third kappa shape index (κ3) is 3.54. The number of carbonyl (C=O) groups is 3. The van der Waals surface area contributed by atoms with Crippen LogP contribution < -0.4 is 15.8 Å². The van der Waals surface area contributed by atoms with Crippen molar-refractivity contribution in [3.63, 3.8) is 0 Å². The highest BCUT2D eigenvalue weighted by Gasteiger charge is 2.67. The maximum Gasteiger partial charge on any atom is 0.254 e. The molecule has 2 aromatic rings. The maximum absolute atomic E-state index is 14.4. The number of anilines is 1. The van der Waals surface area contributed by atoms with E-state index >= 15 is 0 Å². The summed E-state index contributed by atoms with van der Waals surface area (Å²) in [4.78, 5) is 59.6. The SMILES string of the molecule is CCn1ccc(C(=O)N2CCCNC(=O)[C@@H]3C[C@@H]4CCCN4[C@@]34C(=O)N(CC2)c2ccccc24)cc1=O. The van der Waals surface area contributed by atoms with Gasteiger partial charge in [0.25, 0.3) is 17.4 Å². The molecular formula is C28H33N5O4. The number of fused-ring (bicyclic) bond motifs is 4. The lowest BCUT2D eigenvalue weighted by Gasteiger charge is -2.38. The second-order valence-electron chi connectivity index (χ2n) is 10.5. The molecule has 9 heteroatoms. The van der Waals surface area contributed by atoms with Gasteiger partial charge in [-0.2, -0.15) is 0 Å². The van der Waals surface area contributed by atoms with Crippen molar-refractivity contribution in [3.05, 3.63) is 64.1 Å². The van der Waals surface area contributed by atoms with Crippen molar-refractivity contribution in [1.29, 1.82) is 0 Å². The van der Waals surface area contributed by atoms with Crippen LogP contribution in [0, 0.1) is 5.92 Å². The summed E-state index contributed by atoms with van der Waals surface area (Å²) in [6, 6.07) is 11.1. The van der Waals surface area contributed by atoms with Crippen LogP contribution in [0.2, 0.25) is 0 Å². The van der Waals surface area contributed by atoms with Gasteiger partial charge in [-0.15, -0.1) is 0 Å². The summed E-state index contributed by atoms with van der Waals surface area (Å²) in [6.07, 6.45) is 4.95. The number of hydrogen-bond donors (Lipinski definition) is 1. The molecule has 3 amide bonds. The maximum atomic E-state index is 14.4. The minimum atomic E-state index is -0.986. The highest BCUT2D eigenvalue weighted by Crippen LogP contribution is 2.56. The van der Waals surface area contributed by atoms with Crippen LogP contribution in [0.5, 0.6) is 0 Å². The van der Waals surface area contributed by atoms with Gasteiger partial charge in [-0.05, 0) is 51.3 Å². The molecule has 0 saturated carbocycles. The second kappa shape index (κ2) is 9.13. The number of nitrogens with zero attached hydrogens (tertiary/aromatic N) is 4. The van der Waals surface area contributed by atoms with Crippen molar-refractivity contribution in [3.8, 4) is 0 Å². The second-order valence-corrected chi connectivity index (χ2v) is 10.5. The van der Waals surface area contributed by atoms with Gasteiger partial charge in [0.05, 0.1) is 5.92 Å². The Kier molecular flexibility index (Phi) is 5.90. The number of hydrogen-bond acceptors (Lipinski definition) is 5. The monoisotopic (exact) mass is 503 g/mol. The van der Waals surface area contributed by atoms with E-state index in [1.54, 1.807) is 26.6 Å². The largest absolute Gasteiger partial charge is 0.356 e. The van der Waals surface area contributed by atoms with Crippen LogP contribution in [-0.4, -0.2) is 70.9 Å². The minimum Gasteiger partial charge on any atom is -0.356 e. The summed E-state index contributed by atoms with van der Waals surface area (Å²) in [6.45, 7) is 4.74. The van der Waals surface area contributed by atoms with Gasteiger partial charge in [0.2, 0.25) is 5.91 Å². The molecule has 1 N–H and O–H groups in total. The third-order valence-corrected chi connectivity index (χ3v) is 8.70. The average molecular weight is 504 g/mol. The van der Waals surface area contributed by atoms with E-state index in [-0.39, 0.29) is 29.3 Å². The number of para-hydroxylation sites is 1. The Bertz CT molecular complexity index is 1320. The zero-order valence-corrected chi connectivity index (χ0v) is 21.2. The number of carbonyl (C=O) groups excluding carboxylic acids is 3. The molecule has 1 aromatic carbocycles. The molecule has 5 heterocycles. The van der Waals surface area contributed by atoms with Crippen molar-refractivity contribution in [2.75, 3.05) is 37.6 Å². The number of rotatable bonds is 2. The molecule has 1 aromatic heterocycles. The molecular weight excluding hydrogens is 470 g/mol. The lowest BCUT2D eigenvalue weighted by molar-refractivity contribution is -0.139. The molecule has 3 atom stereocenters. The van der Waals surface area contributed by atoms with Gasteiger partial charge in [-0.25, -0.2) is 0 Å². The van der Waals surface area contributed by atoms with Crippen LogP contribution in [0.1, 0.15) is 48.5 Å². The molecule has 4 aliphatic rings. The van der Waals surface area contributed by atoms with Crippen LogP contribution >= 0.6 is 0 Å². The number of aryl methyl sites for hydroxylation is 1. The van der Waals surface area contributed by atoms with E-state index in [1.807, 2.05) is 31.2 Å². The molecule has 4 aliphatic heterocycles. The number of pyridine rings is 1. The van der Waals surface area contributed by atoms with E-state index in [2.05, 4.69) is 10.2 Å². The fraction of sp³-hybridized carbons (Fsp3) is 0.500. The van der Waals surface area contributed by atoms with Gasteiger partial charge < -0.3 is 19.7 Å². The third-order valence-electron chi connectivity index (χ3n) is 8.70. The summed E-state index contributed by atoms with van der Waals surface area (Å²) < 4.78 is 1.55. The van der Waals surface area contributed by atoms with Crippen LogP contribution in [-0.2, 0) is 21.7 Å². The van der Waals surface area contributed by atoms with E-state index in [0.717, 1.165) is 30.6 Å². The number of benzene rings is 1. The van der Waals surface area contributed by atoms with Gasteiger partial charge in [0.1, 0.15) is 5.54 Å². The molecule has 0 aliphatic carbocycles. The smallest absolute Gasteiger partial charge is 0.254 e. The van der Waals surface area contributed by atoms with Gasteiger partial charge in [-0.3, -0.25) is 24.1 Å². The van der Waals surface area contributed by atoms with Crippen molar-refractivity contribution >= 4 is 23.4 Å². The zero-order valence-electron chi connectivity index (χ0n) is 21.2. The summed E-state index contributed by atoms with van der Waals surface area (Å²) >= 11 is 0. The van der Waals surface area contributed by atoms with Crippen LogP contribution in [0.15, 0.2) is 47.4 Å². The van der Waals surface area contributed by atoms with Crippen LogP contribution in [0.3, 0.4) is 0 Å². The molecule has 194 valence electrons. The first-order chi connectivity index (χ1) is 18.0. The van der Waals surface area contributed by atoms with E-state index < -0.39 is 11.5 Å². The zero-order chi connectivity index (χ0) is 25.7. The molecule has 9 nitrogen and oxygen atoms in total. The van der Waals surface area contributed by atoms with E-state index in [9.17, 15) is 19.2 Å². The molecule has 0 radical (unpaired) electrons. The molecule has 6 rings (SSSR count). The van der Waals surface area contributed by atoms with Crippen molar-refractivity contribution in [1.82, 2.24) is 19.7 Å². The standard InChI is InChI=1S/C28H33N5O4/c1-2-30-14-10-19(17-24(30)34)26(36)31-12-6-11-29-25(35)22-18-20-7-5-13-33(20)28(22)21-8-3-4-9-23(21)32(16-15-31)27(28)37/h3-4,8-10,14,17,20,22H,2,5-7,11-13,15-16,18H2,1H3,(H,29,35)/t20-,22-,28+/m0/s1. The topological polar surface area (TPSA) is 95.0 Å². The molecule has 0 unspecified atom stereocenters. The Morgan fingerprint density at radius 1 is 1.05 bits per heavy atom. The quantitative estimate of drug-likeness (QED) is 0.671. The minimum absolute atomic E-state index is 0.0586. The molecule has 3 saturated heterocycles. The summed E-state index contributed by atoms with van der Waals surface area (Å²) in [5.41, 5.74) is 0.875. The predicted octanol–water partition coefficient (Wildman–Crippen LogP) is 1.56. The van der Waals surface area contributed by atoms with Gasteiger partial charge >= 0.3 is 0 Å². The summed E-state index contributed by atoms with van der Waals surface area (Å²) in [7, 11) is 0. The highest BCUT2D eigenvalue weighted by atomic mass is 16.2. The number of nitrogens with one attached hydrogen (secondary N) is 1. The van der Waals surface area contributed by atoms with Gasteiger partial charge in [0, 0.05) is 67.8 Å². The summed E-state index contributed by atoms with van der Waals surface area (Å²) in [5, 5.41) is 3.09. The van der Waals surface area contributed by atoms with Crippen molar-refractivity contribution in [2.24, 2.45) is 5.92 Å². The lowest BCUT2D eigenvalue weighted by Crippen LogP contribution is -2.57. The van der Waals surface area contributed by atoms with E-state index in [0.29, 0.717) is 51.1 Å². The first kappa shape index (κ1) is 23.9. The van der Waals surface area contributed by atoms with Crippen LogP contribution in [0.25, 0.3) is 0 Å². The molecule has 2 bridgehead atoms. The predicted molar refractivity (Wildman–Crippen MR) is 138 cm³/mol. The first-order valence-corrected chi connectivity index (χ1v) is 13.4. The Morgan fingerprint density at radius 2 is 1.89 bits per heavy atom. The number of aromatic nitrogens is 1. The Morgan fingerprint density at radius 3 is 2.70 bits per heavy atom. The highest BCUT2D eigenvalue weighted by molar-refractivity contribution is 6.11. The molecule has 3 fully saturated rings. The fourth-order valence-electron chi connectivity index (χ4n) is 7.01. The Balaban J connectivity index is 1.37. The molecule has 1 spiro atoms. The average Bonchev–Trinajstić information content (AvgIpc) is 3.56. The number of amides is 3. The Labute approximate surface area is 216 Å². The van der Waals surface area contributed by atoms with E-state index in [1.165, 1.54) is 6.07 Å². The Hall–Kier alpha value is -3.46. The first-order valence-electron chi connectivity index (χ1n) is 13.4. The van der Waals surface area contributed by atoms with Crippen LogP contribution in [0.4, 0.5) is 5.69 Å². The van der Waals surface area contributed by atoms with Gasteiger partial charge in [-0.1, -0.05) is 18.2 Å². The van der Waals surface area contributed by atoms with Crippen molar-refractivity contribution in [2.45, 2.75) is 50.7 Å². The van der Waals surface area contributed by atoms with E-state index in [4.69, 9.17) is 0 Å². The normalized spacial score (nSPS) is 27.7. The summed E-state index contributed by atoms with van der Waals surface area (Å²) in [5.74, 6) is -0.812. The van der Waals surface area contributed by atoms with Gasteiger partial charge in [0.15, 0.2) is 0 Å². The fourth-order valence-corrected chi connectivity index (χ4v) is 7.01. The lowest BCUT2D eigenvalue weighted by atomic mass is 9.78.